The average Bonchev–Trinajstić information content (AvgIpc) is 3.42. The molecule has 0 aliphatic carbocycles. The molecule has 196 valence electrons. The second-order valence-electron chi connectivity index (χ2n) is 8.56. The van der Waals surface area contributed by atoms with Crippen molar-refractivity contribution in [1.29, 1.82) is 0 Å². The van der Waals surface area contributed by atoms with E-state index in [0.29, 0.717) is 25.9 Å². The van der Waals surface area contributed by atoms with Gasteiger partial charge in [0, 0.05) is 30.4 Å². The predicted octanol–water partition coefficient (Wildman–Crippen LogP) is 4.62. The Balaban J connectivity index is 1.43. The van der Waals surface area contributed by atoms with Crippen LogP contribution in [0.4, 0.5) is 27.6 Å². The molecule has 0 unspecified atom stereocenters. The van der Waals surface area contributed by atoms with Crippen molar-refractivity contribution in [2.75, 3.05) is 25.0 Å². The largest absolute Gasteiger partial charge is 0.586 e. The van der Waals surface area contributed by atoms with E-state index in [1.165, 1.54) is 54.4 Å². The number of amides is 1. The first-order valence-electron chi connectivity index (χ1n) is 11.3. The zero-order valence-corrected chi connectivity index (χ0v) is 19.4. The van der Waals surface area contributed by atoms with Gasteiger partial charge in [-0.1, -0.05) is 6.07 Å². The van der Waals surface area contributed by atoms with Gasteiger partial charge in [-0.25, -0.2) is 4.68 Å². The number of anilines is 1. The number of fused-ring (bicyclic) bond motifs is 1. The van der Waals surface area contributed by atoms with Gasteiger partial charge in [-0.05, 0) is 56.3 Å². The van der Waals surface area contributed by atoms with Gasteiger partial charge in [-0.2, -0.15) is 18.3 Å². The van der Waals surface area contributed by atoms with Crippen LogP contribution < -0.4 is 24.4 Å². The first-order chi connectivity index (χ1) is 17.5. The molecule has 0 atom stereocenters. The number of benzene rings is 2. The number of hydrogen-bond donors (Lipinski definition) is 1. The number of piperidine rings is 1. The summed E-state index contributed by atoms with van der Waals surface area (Å²) in [5.74, 6) is -1.03. The van der Waals surface area contributed by atoms with Crippen LogP contribution in [-0.4, -0.2) is 48.2 Å². The zero-order chi connectivity index (χ0) is 26.4. The van der Waals surface area contributed by atoms with E-state index in [2.05, 4.69) is 19.9 Å². The van der Waals surface area contributed by atoms with Crippen LogP contribution in [-0.2, 0) is 6.18 Å². The molecule has 37 heavy (non-hydrogen) atoms. The molecule has 2 aliphatic heterocycles. The first kappa shape index (κ1) is 24.8. The standard InChI is InChI=1S/C24H21F5N4O4/c1-32(15-5-6-18-19(12-15)37-24(28,29)36-18)22(34)14-3-2-4-16(11-14)33-21(13-20(31-33)23(25,26)27)35-17-7-9-30-10-8-17/h2-6,11-13,17,30H,7-10H2,1H3. The first-order valence-corrected chi connectivity index (χ1v) is 11.3. The molecular formula is C24H21F5N4O4. The maximum atomic E-state index is 13.5. The third kappa shape index (κ3) is 5.17. The molecule has 0 saturated carbocycles. The summed E-state index contributed by atoms with van der Waals surface area (Å²) in [6, 6.07) is 10.6. The van der Waals surface area contributed by atoms with Gasteiger partial charge in [-0.15, -0.1) is 8.78 Å². The summed E-state index contributed by atoms with van der Waals surface area (Å²) < 4.78 is 82.7. The van der Waals surface area contributed by atoms with Crippen LogP contribution in [0.5, 0.6) is 17.4 Å². The van der Waals surface area contributed by atoms with Crippen molar-refractivity contribution in [3.05, 3.63) is 59.8 Å². The summed E-state index contributed by atoms with van der Waals surface area (Å²) in [7, 11) is 1.42. The number of carbonyl (C=O) groups is 1. The van der Waals surface area contributed by atoms with Crippen LogP contribution >= 0.6 is 0 Å². The van der Waals surface area contributed by atoms with Gasteiger partial charge in [0.05, 0.1) is 5.69 Å². The van der Waals surface area contributed by atoms with Crippen molar-refractivity contribution in [1.82, 2.24) is 15.1 Å². The monoisotopic (exact) mass is 524 g/mol. The van der Waals surface area contributed by atoms with Crippen LogP contribution in [0, 0.1) is 0 Å². The van der Waals surface area contributed by atoms with Gasteiger partial charge in [-0.3, -0.25) is 4.79 Å². The van der Waals surface area contributed by atoms with E-state index >= 15 is 0 Å². The fraction of sp³-hybridized carbons (Fsp3) is 0.333. The second kappa shape index (κ2) is 9.21. The molecule has 3 heterocycles. The molecule has 3 aromatic rings. The molecule has 1 N–H and O–H groups in total. The molecule has 1 saturated heterocycles. The highest BCUT2D eigenvalue weighted by Gasteiger charge is 2.43. The van der Waals surface area contributed by atoms with Crippen LogP contribution in [0.2, 0.25) is 0 Å². The average molecular weight is 524 g/mol. The van der Waals surface area contributed by atoms with E-state index in [4.69, 9.17) is 4.74 Å². The Kier molecular flexibility index (Phi) is 6.18. The van der Waals surface area contributed by atoms with E-state index in [-0.39, 0.29) is 40.4 Å². The summed E-state index contributed by atoms with van der Waals surface area (Å²) >= 11 is 0. The lowest BCUT2D eigenvalue weighted by atomic mass is 10.1. The summed E-state index contributed by atoms with van der Waals surface area (Å²) in [5.41, 5.74) is -0.574. The third-order valence-electron chi connectivity index (χ3n) is 5.96. The Morgan fingerprint density at radius 1 is 1.11 bits per heavy atom. The minimum Gasteiger partial charge on any atom is -0.474 e. The van der Waals surface area contributed by atoms with Gasteiger partial charge in [0.1, 0.15) is 6.10 Å². The Bertz CT molecular complexity index is 1320. The van der Waals surface area contributed by atoms with Crippen molar-refractivity contribution in [3.8, 4) is 23.1 Å². The van der Waals surface area contributed by atoms with Crippen LogP contribution in [0.1, 0.15) is 28.9 Å². The molecule has 1 fully saturated rings. The van der Waals surface area contributed by atoms with Crippen molar-refractivity contribution in [2.45, 2.75) is 31.4 Å². The molecule has 2 aliphatic rings. The number of rotatable bonds is 5. The minimum absolute atomic E-state index is 0.0890. The lowest BCUT2D eigenvalue weighted by molar-refractivity contribution is -0.286. The number of hydrogen-bond acceptors (Lipinski definition) is 6. The van der Waals surface area contributed by atoms with Crippen LogP contribution in [0.15, 0.2) is 48.5 Å². The van der Waals surface area contributed by atoms with Gasteiger partial charge in [0.15, 0.2) is 17.2 Å². The zero-order valence-electron chi connectivity index (χ0n) is 19.4. The topological polar surface area (TPSA) is 77.9 Å². The van der Waals surface area contributed by atoms with Gasteiger partial charge < -0.3 is 24.4 Å². The molecule has 0 bridgehead atoms. The number of alkyl halides is 5. The number of nitrogens with one attached hydrogen (secondary N) is 1. The lowest BCUT2D eigenvalue weighted by Crippen LogP contribution is -2.34. The number of nitrogens with zero attached hydrogens (tertiary/aromatic N) is 3. The van der Waals surface area contributed by atoms with Crippen LogP contribution in [0.25, 0.3) is 5.69 Å². The Labute approximate surface area is 207 Å². The SMILES string of the molecule is CN(C(=O)c1cccc(-n2nc(C(F)(F)F)cc2OC2CCNCC2)c1)c1ccc2c(c1)OC(F)(F)O2. The van der Waals surface area contributed by atoms with Gasteiger partial charge >= 0.3 is 12.5 Å². The highest BCUT2D eigenvalue weighted by molar-refractivity contribution is 6.06. The second-order valence-corrected chi connectivity index (χ2v) is 8.56. The van der Waals surface area contributed by atoms with Crippen LogP contribution in [0.3, 0.4) is 0 Å². The third-order valence-corrected chi connectivity index (χ3v) is 5.96. The van der Waals surface area contributed by atoms with E-state index in [1.807, 2.05) is 0 Å². The number of carbonyl (C=O) groups excluding carboxylic acids is 1. The van der Waals surface area contributed by atoms with Crippen molar-refractivity contribution in [3.63, 3.8) is 0 Å². The maximum Gasteiger partial charge on any atom is 0.586 e. The molecule has 0 spiro atoms. The normalized spacial score (nSPS) is 17.0. The van der Waals surface area contributed by atoms with Crippen molar-refractivity contribution >= 4 is 11.6 Å². The highest BCUT2D eigenvalue weighted by Crippen LogP contribution is 2.43. The highest BCUT2D eigenvalue weighted by atomic mass is 19.4. The molecule has 8 nitrogen and oxygen atoms in total. The number of ether oxygens (including phenoxy) is 3. The van der Waals surface area contributed by atoms with E-state index < -0.39 is 24.1 Å². The lowest BCUT2D eigenvalue weighted by Gasteiger charge is -2.24. The Morgan fingerprint density at radius 2 is 1.84 bits per heavy atom. The fourth-order valence-corrected chi connectivity index (χ4v) is 4.08. The number of halogens is 5. The number of aromatic nitrogens is 2. The molecule has 1 amide bonds. The fourth-order valence-electron chi connectivity index (χ4n) is 4.08. The molecule has 0 radical (unpaired) electrons. The maximum absolute atomic E-state index is 13.5. The van der Waals surface area contributed by atoms with E-state index in [9.17, 15) is 26.7 Å². The molecular weight excluding hydrogens is 503 g/mol. The predicted molar refractivity (Wildman–Crippen MR) is 120 cm³/mol. The molecule has 5 rings (SSSR count). The minimum atomic E-state index is -4.69. The van der Waals surface area contributed by atoms with Crippen molar-refractivity contribution < 1.29 is 41.0 Å². The summed E-state index contributed by atoms with van der Waals surface area (Å²) in [4.78, 5) is 14.4. The molecule has 2 aromatic carbocycles. The van der Waals surface area contributed by atoms with Gasteiger partial charge in [0.2, 0.25) is 5.88 Å². The Hall–Kier alpha value is -3.87. The van der Waals surface area contributed by atoms with Crippen molar-refractivity contribution in [2.24, 2.45) is 0 Å². The Morgan fingerprint density at radius 3 is 2.57 bits per heavy atom. The van der Waals surface area contributed by atoms with E-state index in [0.717, 1.165) is 10.7 Å². The van der Waals surface area contributed by atoms with Gasteiger partial charge in [0.25, 0.3) is 5.91 Å². The molecule has 1 aromatic heterocycles. The summed E-state index contributed by atoms with van der Waals surface area (Å²) in [6.45, 7) is 1.36. The molecule has 13 heteroatoms. The summed E-state index contributed by atoms with van der Waals surface area (Å²) in [6.07, 6.45) is -7.53. The quantitative estimate of drug-likeness (QED) is 0.491. The van der Waals surface area contributed by atoms with E-state index in [1.54, 1.807) is 0 Å². The smallest absolute Gasteiger partial charge is 0.474 e. The summed E-state index contributed by atoms with van der Waals surface area (Å²) in [5, 5.41) is 6.86.